The van der Waals surface area contributed by atoms with Crippen molar-refractivity contribution < 1.29 is 17.9 Å². The van der Waals surface area contributed by atoms with Gasteiger partial charge in [-0.3, -0.25) is 4.79 Å². The first kappa shape index (κ1) is 19.3. The Morgan fingerprint density at radius 3 is 2.55 bits per heavy atom. The summed E-state index contributed by atoms with van der Waals surface area (Å²) >= 11 is 0. The number of sulfone groups is 1. The molecule has 1 aromatic heterocycles. The van der Waals surface area contributed by atoms with Gasteiger partial charge >= 0.3 is 0 Å². The van der Waals surface area contributed by atoms with Crippen molar-refractivity contribution in [1.29, 1.82) is 0 Å². The number of benzene rings is 3. The van der Waals surface area contributed by atoms with Crippen LogP contribution < -0.4 is 10.1 Å². The van der Waals surface area contributed by atoms with E-state index < -0.39 is 15.7 Å². The number of hydrogen-bond acceptors (Lipinski definition) is 5. The van der Waals surface area contributed by atoms with E-state index in [-0.39, 0.29) is 18.1 Å². The van der Waals surface area contributed by atoms with Crippen molar-refractivity contribution in [2.24, 2.45) is 0 Å². The third-order valence-corrected chi connectivity index (χ3v) is 6.60. The van der Waals surface area contributed by atoms with Crippen LogP contribution in [0.25, 0.3) is 16.5 Å². The number of ether oxygens (including phenoxy) is 1. The van der Waals surface area contributed by atoms with Crippen molar-refractivity contribution >= 4 is 32.3 Å². The van der Waals surface area contributed by atoms with Crippen LogP contribution >= 0.6 is 0 Å². The van der Waals surface area contributed by atoms with E-state index in [0.29, 0.717) is 22.8 Å². The zero-order chi connectivity index (χ0) is 21.4. The molecule has 156 valence electrons. The predicted molar refractivity (Wildman–Crippen MR) is 118 cm³/mol. The molecule has 31 heavy (non-hydrogen) atoms. The maximum absolute atomic E-state index is 12.7. The lowest BCUT2D eigenvalue weighted by Crippen LogP contribution is -2.23. The Morgan fingerprint density at radius 1 is 0.968 bits per heavy atom. The standard InChI is InChI=1S/C23H19N3O4S/c27-22(13-30-21-12-6-8-16-7-4-5-11-18(16)21)24-23-19-14-31(28,29)15-20(19)25-26(23)17-9-2-1-3-10-17/h1-12H,13-15H2,(H,24,27). The SMILES string of the molecule is O=C(COc1cccc2ccccc12)Nc1c2c(nn1-c1ccccc1)CS(=O)(=O)C2. The number of fused-ring (bicyclic) bond motifs is 2. The number of amides is 1. The van der Waals surface area contributed by atoms with Crippen molar-refractivity contribution in [3.63, 3.8) is 0 Å². The molecule has 2 heterocycles. The minimum Gasteiger partial charge on any atom is -0.483 e. The molecule has 0 aliphatic carbocycles. The van der Waals surface area contributed by atoms with Crippen molar-refractivity contribution in [3.8, 4) is 11.4 Å². The highest BCUT2D eigenvalue weighted by molar-refractivity contribution is 7.90. The molecule has 1 N–H and O–H groups in total. The Bertz CT molecular complexity index is 1390. The number of aromatic nitrogens is 2. The molecule has 0 saturated carbocycles. The molecular weight excluding hydrogens is 414 g/mol. The van der Waals surface area contributed by atoms with Crippen LogP contribution in [-0.4, -0.2) is 30.7 Å². The summed E-state index contributed by atoms with van der Waals surface area (Å²) in [7, 11) is -3.26. The van der Waals surface area contributed by atoms with Crippen LogP contribution in [0.1, 0.15) is 11.3 Å². The van der Waals surface area contributed by atoms with Crippen LogP contribution in [0, 0.1) is 0 Å². The maximum Gasteiger partial charge on any atom is 0.263 e. The van der Waals surface area contributed by atoms with E-state index in [4.69, 9.17) is 4.74 Å². The topological polar surface area (TPSA) is 90.3 Å². The van der Waals surface area contributed by atoms with Crippen LogP contribution in [0.2, 0.25) is 0 Å². The van der Waals surface area contributed by atoms with E-state index in [1.807, 2.05) is 72.8 Å². The summed E-state index contributed by atoms with van der Waals surface area (Å²) in [6.45, 7) is -0.213. The van der Waals surface area contributed by atoms with Crippen LogP contribution in [0.15, 0.2) is 72.8 Å². The molecule has 1 amide bonds. The molecule has 0 saturated heterocycles. The van der Waals surface area contributed by atoms with Gasteiger partial charge in [-0.15, -0.1) is 0 Å². The van der Waals surface area contributed by atoms with Crippen molar-refractivity contribution in [3.05, 3.63) is 84.1 Å². The van der Waals surface area contributed by atoms with Gasteiger partial charge in [-0.2, -0.15) is 5.10 Å². The fraction of sp³-hybridized carbons (Fsp3) is 0.130. The number of anilines is 1. The number of para-hydroxylation sites is 1. The highest BCUT2D eigenvalue weighted by atomic mass is 32.2. The smallest absolute Gasteiger partial charge is 0.263 e. The number of carbonyl (C=O) groups excluding carboxylic acids is 1. The van der Waals surface area contributed by atoms with Gasteiger partial charge in [0.2, 0.25) is 0 Å². The molecule has 8 heteroatoms. The van der Waals surface area contributed by atoms with Crippen LogP contribution in [0.4, 0.5) is 5.82 Å². The maximum atomic E-state index is 12.7. The van der Waals surface area contributed by atoms with Gasteiger partial charge in [0.15, 0.2) is 16.4 Å². The summed E-state index contributed by atoms with van der Waals surface area (Å²) in [5.74, 6) is 0.315. The van der Waals surface area contributed by atoms with Gasteiger partial charge in [-0.25, -0.2) is 13.1 Å². The number of rotatable bonds is 5. The van der Waals surface area contributed by atoms with Gasteiger partial charge in [-0.1, -0.05) is 54.6 Å². The Hall–Kier alpha value is -3.65. The van der Waals surface area contributed by atoms with E-state index >= 15 is 0 Å². The number of nitrogens with zero attached hydrogens (tertiary/aromatic N) is 2. The first-order valence-electron chi connectivity index (χ1n) is 9.77. The third kappa shape index (κ3) is 3.77. The minimum absolute atomic E-state index is 0.127. The zero-order valence-corrected chi connectivity index (χ0v) is 17.3. The zero-order valence-electron chi connectivity index (χ0n) is 16.5. The highest BCUT2D eigenvalue weighted by Gasteiger charge is 2.33. The quantitative estimate of drug-likeness (QED) is 0.521. The summed E-state index contributed by atoms with van der Waals surface area (Å²) in [4.78, 5) is 12.7. The molecule has 0 spiro atoms. The second-order valence-corrected chi connectivity index (χ2v) is 9.43. The van der Waals surface area contributed by atoms with Gasteiger partial charge in [-0.05, 0) is 23.6 Å². The summed E-state index contributed by atoms with van der Waals surface area (Å²) in [5, 5.41) is 9.20. The van der Waals surface area contributed by atoms with Crippen LogP contribution in [0.3, 0.4) is 0 Å². The second kappa shape index (κ2) is 7.55. The first-order chi connectivity index (χ1) is 15.0. The third-order valence-electron chi connectivity index (χ3n) is 5.15. The molecule has 0 bridgehead atoms. The molecule has 0 atom stereocenters. The monoisotopic (exact) mass is 433 g/mol. The first-order valence-corrected chi connectivity index (χ1v) is 11.6. The molecule has 0 fully saturated rings. The Kier molecular flexibility index (Phi) is 4.71. The fourth-order valence-electron chi connectivity index (χ4n) is 3.76. The summed E-state index contributed by atoms with van der Waals surface area (Å²) in [5.41, 5.74) is 1.73. The van der Waals surface area contributed by atoms with Crippen molar-refractivity contribution in [2.75, 3.05) is 11.9 Å². The number of nitrogens with one attached hydrogen (secondary N) is 1. The fourth-order valence-corrected chi connectivity index (χ4v) is 5.25. The Labute approximate surface area is 179 Å². The lowest BCUT2D eigenvalue weighted by Gasteiger charge is -2.12. The molecule has 1 aliphatic rings. The lowest BCUT2D eigenvalue weighted by molar-refractivity contribution is -0.118. The number of carbonyl (C=O) groups is 1. The lowest BCUT2D eigenvalue weighted by atomic mass is 10.1. The molecular formula is C23H19N3O4S. The van der Waals surface area contributed by atoms with Crippen molar-refractivity contribution in [1.82, 2.24) is 9.78 Å². The predicted octanol–water partition coefficient (Wildman–Crippen LogP) is 3.47. The molecule has 0 radical (unpaired) electrons. The summed E-state index contributed by atoms with van der Waals surface area (Å²) in [6.07, 6.45) is 0. The van der Waals surface area contributed by atoms with Crippen molar-refractivity contribution in [2.45, 2.75) is 11.5 Å². The molecule has 0 unspecified atom stereocenters. The average molecular weight is 433 g/mol. The van der Waals surface area contributed by atoms with Gasteiger partial charge in [0, 0.05) is 10.9 Å². The highest BCUT2D eigenvalue weighted by Crippen LogP contribution is 2.33. The number of hydrogen-bond donors (Lipinski definition) is 1. The molecule has 4 aromatic rings. The molecule has 1 aliphatic heterocycles. The van der Waals surface area contributed by atoms with Crippen LogP contribution in [-0.2, 0) is 26.1 Å². The van der Waals surface area contributed by atoms with Gasteiger partial charge in [0.05, 0.1) is 22.9 Å². The average Bonchev–Trinajstić information content (AvgIpc) is 3.25. The molecule has 5 rings (SSSR count). The van der Waals surface area contributed by atoms with E-state index in [0.717, 1.165) is 16.5 Å². The Balaban J connectivity index is 1.41. The van der Waals surface area contributed by atoms with E-state index in [2.05, 4.69) is 10.4 Å². The minimum atomic E-state index is -3.26. The molecule has 3 aromatic carbocycles. The van der Waals surface area contributed by atoms with Gasteiger partial charge in [0.25, 0.3) is 5.91 Å². The second-order valence-electron chi connectivity index (χ2n) is 7.37. The summed E-state index contributed by atoms with van der Waals surface area (Å²) < 4.78 is 31.5. The molecule has 7 nitrogen and oxygen atoms in total. The summed E-state index contributed by atoms with van der Waals surface area (Å²) in [6, 6.07) is 22.7. The van der Waals surface area contributed by atoms with Gasteiger partial charge < -0.3 is 10.1 Å². The largest absolute Gasteiger partial charge is 0.483 e. The van der Waals surface area contributed by atoms with E-state index in [1.165, 1.54) is 0 Å². The Morgan fingerprint density at radius 2 is 1.71 bits per heavy atom. The van der Waals surface area contributed by atoms with E-state index in [1.54, 1.807) is 4.68 Å². The normalized spacial score (nSPS) is 14.3. The van der Waals surface area contributed by atoms with E-state index in [9.17, 15) is 13.2 Å². The van der Waals surface area contributed by atoms with Gasteiger partial charge in [0.1, 0.15) is 11.6 Å². The van der Waals surface area contributed by atoms with Crippen LogP contribution in [0.5, 0.6) is 5.75 Å².